The molecular formula is C20H17BN2O4S. The van der Waals surface area contributed by atoms with Gasteiger partial charge in [-0.25, -0.2) is 0 Å². The van der Waals surface area contributed by atoms with E-state index in [1.165, 1.54) is 11.3 Å². The van der Waals surface area contributed by atoms with Crippen LogP contribution in [0.25, 0.3) is 22.2 Å². The zero-order valence-electron chi connectivity index (χ0n) is 14.8. The Morgan fingerprint density at radius 1 is 1.11 bits per heavy atom. The molecule has 1 atom stereocenters. The topological polar surface area (TPSA) is 99.4 Å². The lowest BCUT2D eigenvalue weighted by atomic mass is 9.79. The number of thiophene rings is 1. The first kappa shape index (κ1) is 18.4. The third-order valence-electron chi connectivity index (χ3n) is 4.79. The Morgan fingerprint density at radius 3 is 2.54 bits per heavy atom. The number of benzene rings is 2. The van der Waals surface area contributed by atoms with Crippen LogP contribution in [0.1, 0.15) is 16.4 Å². The minimum absolute atomic E-state index is 0.225. The van der Waals surface area contributed by atoms with E-state index in [2.05, 4.69) is 4.98 Å². The number of rotatable bonds is 6. The fraction of sp³-hybridized carbons (Fsp3) is 0.100. The van der Waals surface area contributed by atoms with Gasteiger partial charge in [0.1, 0.15) is 0 Å². The molecule has 0 saturated carbocycles. The smallest absolute Gasteiger partial charge is 0.423 e. The van der Waals surface area contributed by atoms with E-state index < -0.39 is 13.0 Å². The average Bonchev–Trinajstić information content (AvgIpc) is 3.34. The van der Waals surface area contributed by atoms with Gasteiger partial charge in [0.05, 0.1) is 11.6 Å². The van der Waals surface area contributed by atoms with E-state index in [1.807, 2.05) is 47.8 Å². The number of hydrogen-bond acceptors (Lipinski definition) is 5. The molecule has 140 valence electrons. The zero-order valence-corrected chi connectivity index (χ0v) is 15.6. The summed E-state index contributed by atoms with van der Waals surface area (Å²) < 4.78 is 0. The van der Waals surface area contributed by atoms with Crippen LogP contribution in [0.3, 0.4) is 0 Å². The molecule has 8 heteroatoms. The summed E-state index contributed by atoms with van der Waals surface area (Å²) in [5, 5.41) is 33.2. The van der Waals surface area contributed by atoms with E-state index >= 15 is 0 Å². The van der Waals surface area contributed by atoms with E-state index in [9.17, 15) is 20.2 Å². The number of nitrogens with one attached hydrogen (secondary N) is 1. The Hall–Kier alpha value is -2.94. The van der Waals surface area contributed by atoms with Gasteiger partial charge in [0.25, 0.3) is 0 Å². The molecule has 3 N–H and O–H groups in total. The van der Waals surface area contributed by atoms with Gasteiger partial charge in [-0.1, -0.05) is 48.5 Å². The molecule has 1 unspecified atom stereocenters. The number of fused-ring (bicyclic) bond motifs is 1. The highest BCUT2D eigenvalue weighted by atomic mass is 32.1. The second-order valence-corrected chi connectivity index (χ2v) is 7.52. The molecule has 0 bridgehead atoms. The second kappa shape index (κ2) is 7.59. The molecule has 2 heterocycles. The zero-order chi connectivity index (χ0) is 19.7. The minimum atomic E-state index is -1.58. The van der Waals surface area contributed by atoms with Gasteiger partial charge in [0.2, 0.25) is 6.54 Å². The van der Waals surface area contributed by atoms with Crippen molar-refractivity contribution < 1.29 is 15.0 Å². The Balaban J connectivity index is 1.99. The number of aromatic amines is 1. The fourth-order valence-corrected chi connectivity index (χ4v) is 4.38. The molecule has 4 rings (SSSR count). The third-order valence-corrected chi connectivity index (χ3v) is 5.78. The van der Waals surface area contributed by atoms with Crippen LogP contribution in [0.5, 0.6) is 0 Å². The van der Waals surface area contributed by atoms with Crippen LogP contribution < -0.4 is 5.46 Å². The van der Waals surface area contributed by atoms with Crippen LogP contribution in [0, 0.1) is 10.1 Å². The van der Waals surface area contributed by atoms with Crippen molar-refractivity contribution in [2.24, 2.45) is 0 Å². The molecule has 0 amide bonds. The maximum atomic E-state index is 11.5. The van der Waals surface area contributed by atoms with Crippen molar-refractivity contribution in [3.63, 3.8) is 0 Å². The number of hydrogen-bond donors (Lipinski definition) is 3. The van der Waals surface area contributed by atoms with E-state index in [0.717, 1.165) is 27.1 Å². The van der Waals surface area contributed by atoms with Gasteiger partial charge in [-0.2, -0.15) is 0 Å². The van der Waals surface area contributed by atoms with Crippen molar-refractivity contribution >= 4 is 34.8 Å². The van der Waals surface area contributed by atoms with Crippen molar-refractivity contribution in [1.82, 2.24) is 4.98 Å². The van der Waals surface area contributed by atoms with Crippen molar-refractivity contribution in [3.8, 4) is 11.3 Å². The average molecular weight is 392 g/mol. The lowest BCUT2D eigenvalue weighted by Gasteiger charge is -2.14. The largest absolute Gasteiger partial charge is 0.488 e. The molecule has 0 aliphatic heterocycles. The highest BCUT2D eigenvalue weighted by molar-refractivity contribution is 7.10. The summed E-state index contributed by atoms with van der Waals surface area (Å²) >= 11 is 1.49. The Bertz CT molecular complexity index is 1110. The van der Waals surface area contributed by atoms with Crippen LogP contribution in [-0.2, 0) is 0 Å². The summed E-state index contributed by atoms with van der Waals surface area (Å²) in [6.07, 6.45) is 0. The number of H-pyrrole nitrogens is 1. The normalized spacial score (nSPS) is 12.2. The first-order chi connectivity index (χ1) is 13.5. The van der Waals surface area contributed by atoms with Gasteiger partial charge in [0.15, 0.2) is 0 Å². The first-order valence-corrected chi connectivity index (χ1v) is 9.65. The number of nitro groups is 1. The van der Waals surface area contributed by atoms with Crippen molar-refractivity contribution in [2.75, 3.05) is 6.54 Å². The summed E-state index contributed by atoms with van der Waals surface area (Å²) in [6, 6.07) is 18.6. The van der Waals surface area contributed by atoms with Crippen molar-refractivity contribution in [1.29, 1.82) is 0 Å². The lowest BCUT2D eigenvalue weighted by molar-refractivity contribution is -0.481. The highest BCUT2D eigenvalue weighted by Gasteiger charge is 2.28. The molecule has 0 spiro atoms. The SMILES string of the molecule is O=[N+]([O-])CC(c1cccs1)c1c(-c2ccccc2)[nH]c2cc(B(O)O)ccc12. The first-order valence-electron chi connectivity index (χ1n) is 8.77. The molecular weight excluding hydrogens is 375 g/mol. The summed E-state index contributed by atoms with van der Waals surface area (Å²) in [7, 11) is -1.58. The Morgan fingerprint density at radius 2 is 1.89 bits per heavy atom. The Kier molecular flexibility index (Phi) is 5.00. The van der Waals surface area contributed by atoms with E-state index in [4.69, 9.17) is 0 Å². The summed E-state index contributed by atoms with van der Waals surface area (Å²) in [5.74, 6) is -0.413. The van der Waals surface area contributed by atoms with Gasteiger partial charge in [-0.3, -0.25) is 10.1 Å². The summed E-state index contributed by atoms with van der Waals surface area (Å²) in [4.78, 5) is 15.4. The van der Waals surface area contributed by atoms with Gasteiger partial charge in [0, 0.05) is 26.3 Å². The highest BCUT2D eigenvalue weighted by Crippen LogP contribution is 2.40. The third kappa shape index (κ3) is 3.45. The van der Waals surface area contributed by atoms with Gasteiger partial charge in [-0.05, 0) is 28.5 Å². The fourth-order valence-electron chi connectivity index (χ4n) is 3.55. The minimum Gasteiger partial charge on any atom is -0.423 e. The molecule has 0 aliphatic carbocycles. The second-order valence-electron chi connectivity index (χ2n) is 6.54. The molecule has 6 nitrogen and oxygen atoms in total. The lowest BCUT2D eigenvalue weighted by Crippen LogP contribution is -2.29. The molecule has 4 aromatic rings. The molecule has 0 radical (unpaired) electrons. The standard InChI is InChI=1S/C20H17BN2O4S/c24-21(25)14-8-9-15-17(11-14)22-20(13-5-2-1-3-6-13)19(15)16(12-23(26)27)18-7-4-10-28-18/h1-11,16,22,24-25H,12H2. The molecule has 28 heavy (non-hydrogen) atoms. The van der Waals surface area contributed by atoms with Crippen molar-refractivity contribution in [3.05, 3.63) is 86.6 Å². The maximum Gasteiger partial charge on any atom is 0.488 e. The van der Waals surface area contributed by atoms with E-state index in [1.54, 1.807) is 18.2 Å². The Labute approximate surface area is 165 Å². The summed E-state index contributed by atoms with van der Waals surface area (Å²) in [5.41, 5.74) is 3.65. The number of nitrogens with zero attached hydrogens (tertiary/aromatic N) is 1. The molecule has 0 fully saturated rings. The maximum absolute atomic E-state index is 11.5. The predicted octanol–water partition coefficient (Wildman–Crippen LogP) is 2.98. The molecule has 0 saturated heterocycles. The van der Waals surface area contributed by atoms with Crippen LogP contribution in [0.15, 0.2) is 66.0 Å². The molecule has 2 aromatic carbocycles. The van der Waals surface area contributed by atoms with Crippen LogP contribution >= 0.6 is 11.3 Å². The van der Waals surface area contributed by atoms with Crippen LogP contribution in [0.4, 0.5) is 0 Å². The van der Waals surface area contributed by atoms with Gasteiger partial charge >= 0.3 is 7.12 Å². The van der Waals surface area contributed by atoms with Crippen molar-refractivity contribution in [2.45, 2.75) is 5.92 Å². The summed E-state index contributed by atoms with van der Waals surface area (Å²) in [6.45, 7) is -0.225. The van der Waals surface area contributed by atoms with Crippen LogP contribution in [-0.4, -0.2) is 33.6 Å². The van der Waals surface area contributed by atoms with Gasteiger partial charge in [-0.15, -0.1) is 11.3 Å². The monoisotopic (exact) mass is 392 g/mol. The predicted molar refractivity (Wildman–Crippen MR) is 112 cm³/mol. The van der Waals surface area contributed by atoms with E-state index in [-0.39, 0.29) is 11.5 Å². The molecule has 0 aliphatic rings. The number of aromatic nitrogens is 1. The quantitative estimate of drug-likeness (QED) is 0.267. The van der Waals surface area contributed by atoms with Gasteiger partial charge < -0.3 is 15.0 Å². The van der Waals surface area contributed by atoms with Crippen LogP contribution in [0.2, 0.25) is 0 Å². The van der Waals surface area contributed by atoms with E-state index in [0.29, 0.717) is 11.0 Å². The molecule has 2 aromatic heterocycles.